The molecule has 0 saturated heterocycles. The van der Waals surface area contributed by atoms with E-state index in [2.05, 4.69) is 15.4 Å². The molecule has 0 bridgehead atoms. The second-order valence-corrected chi connectivity index (χ2v) is 7.23. The standard InChI is InChI=1S/C25H18N4O5/c1-32-24(30)15-6-8-16(9-7-15)26-25(31)27-17-10-11-18-19(14-17)29-23(21-5-3-13-34-21)22(28-18)20-4-2-12-33-20/h2-14H,1H3,(H2,26,27,31). The zero-order valence-electron chi connectivity index (χ0n) is 17.9. The quantitative estimate of drug-likeness (QED) is 0.333. The first-order valence-electron chi connectivity index (χ1n) is 10.3. The molecule has 168 valence electrons. The number of aromatic nitrogens is 2. The van der Waals surface area contributed by atoms with Gasteiger partial charge in [-0.25, -0.2) is 19.6 Å². The molecule has 5 aromatic rings. The number of hydrogen-bond donors (Lipinski definition) is 2. The topological polar surface area (TPSA) is 119 Å². The summed E-state index contributed by atoms with van der Waals surface area (Å²) >= 11 is 0. The molecule has 0 unspecified atom stereocenters. The van der Waals surface area contributed by atoms with Crippen molar-refractivity contribution in [3.05, 3.63) is 84.8 Å². The fourth-order valence-corrected chi connectivity index (χ4v) is 3.40. The molecule has 0 radical (unpaired) electrons. The van der Waals surface area contributed by atoms with E-state index in [0.29, 0.717) is 50.9 Å². The molecule has 2 amide bonds. The molecule has 34 heavy (non-hydrogen) atoms. The van der Waals surface area contributed by atoms with Crippen LogP contribution in [0.2, 0.25) is 0 Å². The molecule has 0 aliphatic rings. The molecule has 0 spiro atoms. The Morgan fingerprint density at radius 3 is 1.94 bits per heavy atom. The molecule has 0 aliphatic heterocycles. The van der Waals surface area contributed by atoms with Gasteiger partial charge in [-0.15, -0.1) is 0 Å². The van der Waals surface area contributed by atoms with Gasteiger partial charge in [0.2, 0.25) is 0 Å². The summed E-state index contributed by atoms with van der Waals surface area (Å²) in [7, 11) is 1.31. The van der Waals surface area contributed by atoms with E-state index in [9.17, 15) is 9.59 Å². The molecule has 2 aromatic carbocycles. The monoisotopic (exact) mass is 454 g/mol. The number of anilines is 2. The number of methoxy groups -OCH3 is 1. The lowest BCUT2D eigenvalue weighted by molar-refractivity contribution is 0.0600. The van der Waals surface area contributed by atoms with Crippen LogP contribution in [0.3, 0.4) is 0 Å². The summed E-state index contributed by atoms with van der Waals surface area (Å²) in [5, 5.41) is 5.49. The van der Waals surface area contributed by atoms with Crippen LogP contribution in [0.5, 0.6) is 0 Å². The van der Waals surface area contributed by atoms with Crippen LogP contribution in [0, 0.1) is 0 Å². The van der Waals surface area contributed by atoms with Crippen LogP contribution in [-0.4, -0.2) is 29.1 Å². The van der Waals surface area contributed by atoms with Gasteiger partial charge in [0, 0.05) is 11.4 Å². The molecule has 3 aromatic heterocycles. The summed E-state index contributed by atoms with van der Waals surface area (Å²) in [4.78, 5) is 33.5. The lowest BCUT2D eigenvalue weighted by Crippen LogP contribution is -2.19. The second-order valence-electron chi connectivity index (χ2n) is 7.23. The van der Waals surface area contributed by atoms with Crippen LogP contribution < -0.4 is 10.6 Å². The van der Waals surface area contributed by atoms with Crippen molar-refractivity contribution in [1.29, 1.82) is 0 Å². The highest BCUT2D eigenvalue weighted by Gasteiger charge is 2.17. The van der Waals surface area contributed by atoms with E-state index < -0.39 is 12.0 Å². The van der Waals surface area contributed by atoms with Crippen molar-refractivity contribution in [3.63, 3.8) is 0 Å². The third-order valence-corrected chi connectivity index (χ3v) is 5.00. The minimum Gasteiger partial charge on any atom is -0.465 e. The zero-order valence-corrected chi connectivity index (χ0v) is 17.9. The highest BCUT2D eigenvalue weighted by molar-refractivity contribution is 6.01. The first kappa shape index (κ1) is 21.0. The van der Waals surface area contributed by atoms with Gasteiger partial charge in [-0.2, -0.15) is 0 Å². The summed E-state index contributed by atoms with van der Waals surface area (Å²) in [5.41, 5.74) is 3.73. The van der Waals surface area contributed by atoms with Gasteiger partial charge < -0.3 is 24.2 Å². The first-order chi connectivity index (χ1) is 16.6. The van der Waals surface area contributed by atoms with Gasteiger partial charge in [0.1, 0.15) is 11.4 Å². The largest absolute Gasteiger partial charge is 0.465 e. The molecule has 9 heteroatoms. The fraction of sp³-hybridized carbons (Fsp3) is 0.0400. The molecule has 2 N–H and O–H groups in total. The number of urea groups is 1. The van der Waals surface area contributed by atoms with Gasteiger partial charge in [-0.1, -0.05) is 0 Å². The van der Waals surface area contributed by atoms with Gasteiger partial charge in [0.25, 0.3) is 0 Å². The molecule has 0 aliphatic carbocycles. The van der Waals surface area contributed by atoms with Crippen LogP contribution in [0.15, 0.2) is 88.1 Å². The minimum absolute atomic E-state index is 0.392. The average molecular weight is 454 g/mol. The van der Waals surface area contributed by atoms with Crippen LogP contribution in [0.25, 0.3) is 33.9 Å². The Balaban J connectivity index is 1.40. The average Bonchev–Trinajstić information content (AvgIpc) is 3.58. The first-order valence-corrected chi connectivity index (χ1v) is 10.3. The maximum atomic E-state index is 12.5. The van der Waals surface area contributed by atoms with E-state index in [1.54, 1.807) is 79.3 Å². The van der Waals surface area contributed by atoms with Crippen molar-refractivity contribution in [2.75, 3.05) is 17.7 Å². The number of furan rings is 2. The lowest BCUT2D eigenvalue weighted by Gasteiger charge is -2.10. The summed E-state index contributed by atoms with van der Waals surface area (Å²) < 4.78 is 15.7. The zero-order chi connectivity index (χ0) is 23.5. The third-order valence-electron chi connectivity index (χ3n) is 5.00. The van der Waals surface area contributed by atoms with Crippen molar-refractivity contribution in [2.45, 2.75) is 0 Å². The number of ether oxygens (including phenoxy) is 1. The van der Waals surface area contributed by atoms with E-state index >= 15 is 0 Å². The van der Waals surface area contributed by atoms with E-state index in [4.69, 9.17) is 18.8 Å². The molecular weight excluding hydrogens is 436 g/mol. The predicted molar refractivity (Wildman–Crippen MR) is 125 cm³/mol. The minimum atomic E-state index is -0.448. The van der Waals surface area contributed by atoms with Gasteiger partial charge >= 0.3 is 12.0 Å². The van der Waals surface area contributed by atoms with E-state index in [1.165, 1.54) is 7.11 Å². The molecule has 0 atom stereocenters. The van der Waals surface area contributed by atoms with Crippen LogP contribution in [-0.2, 0) is 4.74 Å². The number of carbonyl (C=O) groups excluding carboxylic acids is 2. The van der Waals surface area contributed by atoms with E-state index in [1.807, 2.05) is 0 Å². The number of esters is 1. The van der Waals surface area contributed by atoms with Gasteiger partial charge in [-0.05, 0) is 66.7 Å². The van der Waals surface area contributed by atoms with Crippen molar-refractivity contribution < 1.29 is 23.2 Å². The van der Waals surface area contributed by atoms with E-state index in [0.717, 1.165) is 0 Å². The number of hydrogen-bond acceptors (Lipinski definition) is 7. The highest BCUT2D eigenvalue weighted by atomic mass is 16.5. The summed E-state index contributed by atoms with van der Waals surface area (Å²) in [6.07, 6.45) is 3.13. The second kappa shape index (κ2) is 8.91. The Bertz CT molecular complexity index is 1460. The number of carbonyl (C=O) groups is 2. The number of benzene rings is 2. The number of rotatable bonds is 5. The maximum absolute atomic E-state index is 12.5. The van der Waals surface area contributed by atoms with Crippen molar-refractivity contribution >= 4 is 34.4 Å². The highest BCUT2D eigenvalue weighted by Crippen LogP contribution is 2.32. The molecule has 9 nitrogen and oxygen atoms in total. The lowest BCUT2D eigenvalue weighted by atomic mass is 10.1. The number of nitrogens with one attached hydrogen (secondary N) is 2. The van der Waals surface area contributed by atoms with Crippen molar-refractivity contribution in [3.8, 4) is 22.9 Å². The molecule has 5 rings (SSSR count). The summed E-state index contributed by atoms with van der Waals surface area (Å²) in [6, 6.07) is 18.3. The van der Waals surface area contributed by atoms with Gasteiger partial charge in [-0.3, -0.25) is 0 Å². The Morgan fingerprint density at radius 2 is 1.35 bits per heavy atom. The number of nitrogens with zero attached hydrogens (tertiary/aromatic N) is 2. The van der Waals surface area contributed by atoms with Crippen LogP contribution in [0.1, 0.15) is 10.4 Å². The van der Waals surface area contributed by atoms with Crippen molar-refractivity contribution in [1.82, 2.24) is 9.97 Å². The van der Waals surface area contributed by atoms with Crippen molar-refractivity contribution in [2.24, 2.45) is 0 Å². The molecule has 0 saturated carbocycles. The van der Waals surface area contributed by atoms with Crippen LogP contribution in [0.4, 0.5) is 16.2 Å². The van der Waals surface area contributed by atoms with Crippen LogP contribution >= 0.6 is 0 Å². The molecular formula is C25H18N4O5. The summed E-state index contributed by atoms with van der Waals surface area (Å²) in [5.74, 6) is 0.672. The Kier molecular flexibility index (Phi) is 5.49. The number of amides is 2. The van der Waals surface area contributed by atoms with Gasteiger partial charge in [0.05, 0.1) is 36.2 Å². The van der Waals surface area contributed by atoms with Gasteiger partial charge in [0.15, 0.2) is 11.5 Å². The smallest absolute Gasteiger partial charge is 0.337 e. The normalized spacial score (nSPS) is 10.7. The molecule has 3 heterocycles. The van der Waals surface area contributed by atoms with E-state index in [-0.39, 0.29) is 0 Å². The Hall–Kier alpha value is -4.92. The SMILES string of the molecule is COC(=O)c1ccc(NC(=O)Nc2ccc3nc(-c4ccco4)c(-c4ccco4)nc3c2)cc1. The Labute approximate surface area is 193 Å². The number of fused-ring (bicyclic) bond motifs is 1. The predicted octanol–water partition coefficient (Wildman–Crippen LogP) is 5.58. The fourth-order valence-electron chi connectivity index (χ4n) is 3.40. The summed E-state index contributed by atoms with van der Waals surface area (Å²) in [6.45, 7) is 0. The Morgan fingerprint density at radius 1 is 0.765 bits per heavy atom. The molecule has 0 fully saturated rings. The third kappa shape index (κ3) is 4.22. The maximum Gasteiger partial charge on any atom is 0.337 e.